The number of nitrogens with two attached hydrogens (primary N) is 1. The van der Waals surface area contributed by atoms with Crippen LogP contribution in [0.15, 0.2) is 18.2 Å². The molecule has 0 fully saturated rings. The number of alkyl halides is 3. The van der Waals surface area contributed by atoms with E-state index in [1.807, 2.05) is 18.7 Å². The molecule has 0 amide bonds. The highest BCUT2D eigenvalue weighted by Gasteiger charge is 2.33. The Morgan fingerprint density at radius 2 is 1.85 bits per heavy atom. The molecule has 2 N–H and O–H groups in total. The predicted octanol–water partition coefficient (Wildman–Crippen LogP) is 4.69. The Bertz CT molecular complexity index is 428. The van der Waals surface area contributed by atoms with Crippen molar-refractivity contribution in [3.05, 3.63) is 23.8 Å². The van der Waals surface area contributed by atoms with Gasteiger partial charge in [0, 0.05) is 24.0 Å². The highest BCUT2D eigenvalue weighted by Crippen LogP contribution is 2.36. The van der Waals surface area contributed by atoms with Gasteiger partial charge in [-0.2, -0.15) is 13.2 Å². The summed E-state index contributed by atoms with van der Waals surface area (Å²) in [5, 5.41) is 0. The largest absolute Gasteiger partial charge is 0.418 e. The topological polar surface area (TPSA) is 29.3 Å². The summed E-state index contributed by atoms with van der Waals surface area (Å²) in [5.74, 6) is 0. The first-order valence-electron chi connectivity index (χ1n) is 7.00. The summed E-state index contributed by atoms with van der Waals surface area (Å²) < 4.78 is 38.7. The molecule has 0 aliphatic carbocycles. The van der Waals surface area contributed by atoms with Gasteiger partial charge in [0.2, 0.25) is 0 Å². The molecular formula is C15H23F3N2. The minimum Gasteiger partial charge on any atom is -0.398 e. The zero-order valence-corrected chi connectivity index (χ0v) is 12.3. The molecule has 2 nitrogen and oxygen atoms in total. The van der Waals surface area contributed by atoms with E-state index in [9.17, 15) is 13.2 Å². The fraction of sp³-hybridized carbons (Fsp3) is 0.600. The minimum atomic E-state index is -4.41. The van der Waals surface area contributed by atoms with Gasteiger partial charge in [0.1, 0.15) is 0 Å². The number of rotatable bonds is 6. The Morgan fingerprint density at radius 3 is 2.35 bits per heavy atom. The lowest BCUT2D eigenvalue weighted by Crippen LogP contribution is -2.32. The van der Waals surface area contributed by atoms with Crippen LogP contribution in [0, 0.1) is 0 Å². The van der Waals surface area contributed by atoms with E-state index in [2.05, 4.69) is 6.92 Å². The Morgan fingerprint density at radius 1 is 1.20 bits per heavy atom. The van der Waals surface area contributed by atoms with Gasteiger partial charge in [-0.3, -0.25) is 0 Å². The fourth-order valence-corrected chi connectivity index (χ4v) is 2.19. The third-order valence-corrected chi connectivity index (χ3v) is 3.30. The Balaban J connectivity index is 3.02. The summed E-state index contributed by atoms with van der Waals surface area (Å²) in [5.41, 5.74) is 5.04. The molecule has 0 aliphatic rings. The molecule has 1 rings (SSSR count). The molecule has 5 heteroatoms. The number of hydrogen-bond acceptors (Lipinski definition) is 2. The lowest BCUT2D eigenvalue weighted by atomic mass is 10.1. The molecule has 0 radical (unpaired) electrons. The van der Waals surface area contributed by atoms with E-state index < -0.39 is 11.7 Å². The second-order valence-corrected chi connectivity index (χ2v) is 5.26. The van der Waals surface area contributed by atoms with Crippen LogP contribution in [0.3, 0.4) is 0 Å². The van der Waals surface area contributed by atoms with Gasteiger partial charge in [0.25, 0.3) is 0 Å². The number of halogens is 3. The van der Waals surface area contributed by atoms with E-state index in [0.717, 1.165) is 31.9 Å². The Hall–Kier alpha value is -1.39. The van der Waals surface area contributed by atoms with Crippen molar-refractivity contribution in [1.82, 2.24) is 0 Å². The maximum atomic E-state index is 12.9. The summed E-state index contributed by atoms with van der Waals surface area (Å²) in [4.78, 5) is 1.99. The number of hydrogen-bond donors (Lipinski definition) is 1. The van der Waals surface area contributed by atoms with E-state index >= 15 is 0 Å². The van der Waals surface area contributed by atoms with E-state index in [4.69, 9.17) is 5.73 Å². The highest BCUT2D eigenvalue weighted by atomic mass is 19.4. The fourth-order valence-electron chi connectivity index (χ4n) is 2.19. The molecule has 1 aromatic rings. The lowest BCUT2D eigenvalue weighted by molar-refractivity contribution is -0.136. The van der Waals surface area contributed by atoms with Crippen LogP contribution in [0.4, 0.5) is 24.5 Å². The molecule has 0 aliphatic heterocycles. The van der Waals surface area contributed by atoms with Crippen LogP contribution in [-0.2, 0) is 6.18 Å². The van der Waals surface area contributed by atoms with Crippen LogP contribution in [0.25, 0.3) is 0 Å². The maximum absolute atomic E-state index is 12.9. The molecule has 0 bridgehead atoms. The first kappa shape index (κ1) is 16.7. The molecule has 0 unspecified atom stereocenters. The van der Waals surface area contributed by atoms with Crippen molar-refractivity contribution in [3.63, 3.8) is 0 Å². The number of unbranched alkanes of at least 4 members (excludes halogenated alkanes) is 2. The van der Waals surface area contributed by atoms with Gasteiger partial charge in [-0.25, -0.2) is 0 Å². The average Bonchev–Trinajstić information content (AvgIpc) is 2.34. The number of nitrogens with zero attached hydrogens (tertiary/aromatic N) is 1. The first-order chi connectivity index (χ1) is 9.27. The van der Waals surface area contributed by atoms with E-state index in [1.165, 1.54) is 6.07 Å². The van der Waals surface area contributed by atoms with E-state index in [1.54, 1.807) is 6.07 Å². The van der Waals surface area contributed by atoms with Gasteiger partial charge in [0.05, 0.1) is 5.56 Å². The summed E-state index contributed by atoms with van der Waals surface area (Å²) >= 11 is 0. The summed E-state index contributed by atoms with van der Waals surface area (Å²) in [7, 11) is 0. The standard InChI is InChI=1S/C15H23F3N2/c1-4-5-6-9-20(11(2)3)12-7-8-14(19)13(10-12)15(16,17)18/h7-8,10-11H,4-6,9,19H2,1-3H3. The predicted molar refractivity (Wildman–Crippen MR) is 77.9 cm³/mol. The van der Waals surface area contributed by atoms with Gasteiger partial charge >= 0.3 is 6.18 Å². The SMILES string of the molecule is CCCCCN(c1ccc(N)c(C(F)(F)F)c1)C(C)C. The van der Waals surface area contributed by atoms with Crippen molar-refractivity contribution in [2.45, 2.75) is 52.3 Å². The molecule has 0 atom stereocenters. The second-order valence-electron chi connectivity index (χ2n) is 5.26. The van der Waals surface area contributed by atoms with Crippen LogP contribution in [0.2, 0.25) is 0 Å². The normalized spacial score (nSPS) is 11.9. The summed E-state index contributed by atoms with van der Waals surface area (Å²) in [6.07, 6.45) is -1.28. The van der Waals surface area contributed by atoms with Gasteiger partial charge in [0.15, 0.2) is 0 Å². The minimum absolute atomic E-state index is 0.150. The van der Waals surface area contributed by atoms with Crippen LogP contribution >= 0.6 is 0 Å². The molecule has 0 heterocycles. The van der Waals surface area contributed by atoms with Crippen molar-refractivity contribution in [2.75, 3.05) is 17.2 Å². The monoisotopic (exact) mass is 288 g/mol. The van der Waals surface area contributed by atoms with Gasteiger partial charge in [-0.15, -0.1) is 0 Å². The molecule has 114 valence electrons. The molecular weight excluding hydrogens is 265 g/mol. The molecule has 0 saturated heterocycles. The number of nitrogen functional groups attached to an aromatic ring is 1. The third-order valence-electron chi connectivity index (χ3n) is 3.30. The number of benzene rings is 1. The second kappa shape index (κ2) is 6.86. The zero-order valence-electron chi connectivity index (χ0n) is 12.3. The average molecular weight is 288 g/mol. The Kier molecular flexibility index (Phi) is 5.72. The quantitative estimate of drug-likeness (QED) is 0.607. The Labute approximate surface area is 118 Å². The van der Waals surface area contributed by atoms with E-state index in [0.29, 0.717) is 5.69 Å². The van der Waals surface area contributed by atoms with Crippen LogP contribution < -0.4 is 10.6 Å². The number of anilines is 2. The highest BCUT2D eigenvalue weighted by molar-refractivity contribution is 5.59. The summed E-state index contributed by atoms with van der Waals surface area (Å²) in [6.45, 7) is 6.82. The van der Waals surface area contributed by atoms with Gasteiger partial charge in [-0.05, 0) is 38.5 Å². The van der Waals surface area contributed by atoms with Crippen LogP contribution in [0.5, 0.6) is 0 Å². The molecule has 0 spiro atoms. The first-order valence-corrected chi connectivity index (χ1v) is 7.00. The van der Waals surface area contributed by atoms with Gasteiger partial charge < -0.3 is 10.6 Å². The lowest BCUT2D eigenvalue weighted by Gasteiger charge is -2.30. The molecule has 20 heavy (non-hydrogen) atoms. The van der Waals surface area contributed by atoms with Crippen molar-refractivity contribution >= 4 is 11.4 Å². The molecule has 0 saturated carbocycles. The molecule has 1 aromatic carbocycles. The van der Waals surface area contributed by atoms with Crippen LogP contribution in [-0.4, -0.2) is 12.6 Å². The van der Waals surface area contributed by atoms with Gasteiger partial charge in [-0.1, -0.05) is 19.8 Å². The van der Waals surface area contributed by atoms with Crippen molar-refractivity contribution in [2.24, 2.45) is 0 Å². The maximum Gasteiger partial charge on any atom is 0.418 e. The van der Waals surface area contributed by atoms with E-state index in [-0.39, 0.29) is 11.7 Å². The van der Waals surface area contributed by atoms with Crippen molar-refractivity contribution in [1.29, 1.82) is 0 Å². The zero-order chi connectivity index (χ0) is 15.3. The molecule has 0 aromatic heterocycles. The summed E-state index contributed by atoms with van der Waals surface area (Å²) in [6, 6.07) is 4.31. The van der Waals surface area contributed by atoms with Crippen molar-refractivity contribution in [3.8, 4) is 0 Å². The van der Waals surface area contributed by atoms with Crippen molar-refractivity contribution < 1.29 is 13.2 Å². The third kappa shape index (κ3) is 4.32. The van der Waals surface area contributed by atoms with Crippen LogP contribution in [0.1, 0.15) is 45.6 Å². The smallest absolute Gasteiger partial charge is 0.398 e.